The van der Waals surface area contributed by atoms with Gasteiger partial charge in [-0.05, 0) is 17.5 Å². The standard InChI is InChI=1S/C12H16O/c1-5-10-7-6-8-11(13-4)12(10)9(2)3/h5-9H,1H2,2-4H3. The molecule has 13 heavy (non-hydrogen) atoms. The molecule has 0 atom stereocenters. The lowest BCUT2D eigenvalue weighted by molar-refractivity contribution is 0.407. The second-order valence-electron chi connectivity index (χ2n) is 3.32. The van der Waals surface area contributed by atoms with Crippen LogP contribution < -0.4 is 4.74 Å². The highest BCUT2D eigenvalue weighted by molar-refractivity contribution is 5.57. The summed E-state index contributed by atoms with van der Waals surface area (Å²) in [7, 11) is 1.70. The SMILES string of the molecule is C=Cc1cccc(OC)c1C(C)C. The summed E-state index contributed by atoms with van der Waals surface area (Å²) in [6, 6.07) is 6.04. The Hall–Kier alpha value is -1.24. The maximum absolute atomic E-state index is 5.30. The molecule has 0 aliphatic carbocycles. The lowest BCUT2D eigenvalue weighted by Gasteiger charge is -2.14. The molecule has 70 valence electrons. The van der Waals surface area contributed by atoms with Crippen LogP contribution in [0.15, 0.2) is 24.8 Å². The molecular formula is C12H16O. The van der Waals surface area contributed by atoms with E-state index in [2.05, 4.69) is 26.5 Å². The maximum Gasteiger partial charge on any atom is 0.122 e. The normalized spacial score (nSPS) is 10.2. The zero-order valence-corrected chi connectivity index (χ0v) is 8.50. The molecule has 0 bridgehead atoms. The van der Waals surface area contributed by atoms with Gasteiger partial charge in [0.2, 0.25) is 0 Å². The smallest absolute Gasteiger partial charge is 0.122 e. The Morgan fingerprint density at radius 2 is 2.08 bits per heavy atom. The molecule has 0 amide bonds. The second-order valence-corrected chi connectivity index (χ2v) is 3.32. The highest BCUT2D eigenvalue weighted by Gasteiger charge is 2.09. The molecule has 0 aliphatic heterocycles. The second kappa shape index (κ2) is 4.13. The molecule has 0 aromatic heterocycles. The highest BCUT2D eigenvalue weighted by atomic mass is 16.5. The Morgan fingerprint density at radius 3 is 2.54 bits per heavy atom. The molecule has 1 rings (SSSR count). The van der Waals surface area contributed by atoms with Crippen molar-refractivity contribution in [2.45, 2.75) is 19.8 Å². The van der Waals surface area contributed by atoms with Gasteiger partial charge in [0.25, 0.3) is 0 Å². The van der Waals surface area contributed by atoms with E-state index in [1.54, 1.807) is 7.11 Å². The number of ether oxygens (including phenoxy) is 1. The third-order valence-electron chi connectivity index (χ3n) is 2.12. The summed E-state index contributed by atoms with van der Waals surface area (Å²) in [5.74, 6) is 1.41. The summed E-state index contributed by atoms with van der Waals surface area (Å²) in [5, 5.41) is 0. The molecule has 0 saturated heterocycles. The molecule has 0 fully saturated rings. The fourth-order valence-corrected chi connectivity index (χ4v) is 1.53. The van der Waals surface area contributed by atoms with Gasteiger partial charge in [0.05, 0.1) is 7.11 Å². The van der Waals surface area contributed by atoms with Gasteiger partial charge in [-0.2, -0.15) is 0 Å². The summed E-state index contributed by atoms with van der Waals surface area (Å²) in [4.78, 5) is 0. The molecule has 1 aromatic rings. The van der Waals surface area contributed by atoms with Gasteiger partial charge in [-0.3, -0.25) is 0 Å². The van der Waals surface area contributed by atoms with Gasteiger partial charge < -0.3 is 4.74 Å². The van der Waals surface area contributed by atoms with Crippen LogP contribution in [0, 0.1) is 0 Å². The van der Waals surface area contributed by atoms with Crippen molar-refractivity contribution in [2.75, 3.05) is 7.11 Å². The van der Waals surface area contributed by atoms with Gasteiger partial charge >= 0.3 is 0 Å². The Bertz CT molecular complexity index is 300. The van der Waals surface area contributed by atoms with Crippen molar-refractivity contribution in [3.63, 3.8) is 0 Å². The molecule has 0 unspecified atom stereocenters. The molecular weight excluding hydrogens is 160 g/mol. The zero-order chi connectivity index (χ0) is 9.84. The van der Waals surface area contributed by atoms with Gasteiger partial charge in [-0.25, -0.2) is 0 Å². The minimum atomic E-state index is 0.462. The third-order valence-corrected chi connectivity index (χ3v) is 2.12. The van der Waals surface area contributed by atoms with E-state index in [1.807, 2.05) is 18.2 Å². The van der Waals surface area contributed by atoms with Crippen LogP contribution in [0.2, 0.25) is 0 Å². The van der Waals surface area contributed by atoms with Crippen molar-refractivity contribution in [1.82, 2.24) is 0 Å². The fraction of sp³-hybridized carbons (Fsp3) is 0.333. The first-order valence-electron chi connectivity index (χ1n) is 4.50. The lowest BCUT2D eigenvalue weighted by Crippen LogP contribution is -1.96. The number of benzene rings is 1. The van der Waals surface area contributed by atoms with Crippen molar-refractivity contribution in [2.24, 2.45) is 0 Å². The summed E-state index contributed by atoms with van der Waals surface area (Å²) >= 11 is 0. The first-order chi connectivity index (χ1) is 6.20. The van der Waals surface area contributed by atoms with E-state index < -0.39 is 0 Å². The van der Waals surface area contributed by atoms with E-state index in [4.69, 9.17) is 4.74 Å². The van der Waals surface area contributed by atoms with Gasteiger partial charge in [-0.15, -0.1) is 0 Å². The number of hydrogen-bond donors (Lipinski definition) is 0. The Morgan fingerprint density at radius 1 is 1.38 bits per heavy atom. The van der Waals surface area contributed by atoms with Crippen LogP contribution in [0.1, 0.15) is 30.9 Å². The predicted molar refractivity (Wildman–Crippen MR) is 57.2 cm³/mol. The maximum atomic E-state index is 5.30. The Balaban J connectivity index is 3.29. The Labute approximate surface area is 80.0 Å². The van der Waals surface area contributed by atoms with Gasteiger partial charge in [0, 0.05) is 5.56 Å². The highest BCUT2D eigenvalue weighted by Crippen LogP contribution is 2.30. The monoisotopic (exact) mass is 176 g/mol. The molecule has 0 radical (unpaired) electrons. The number of rotatable bonds is 3. The molecule has 0 heterocycles. The first kappa shape index (κ1) is 9.85. The van der Waals surface area contributed by atoms with Crippen LogP contribution >= 0.6 is 0 Å². The van der Waals surface area contributed by atoms with Crippen LogP contribution in [0.4, 0.5) is 0 Å². The fourth-order valence-electron chi connectivity index (χ4n) is 1.53. The van der Waals surface area contributed by atoms with Crippen molar-refractivity contribution in [3.8, 4) is 5.75 Å². The minimum Gasteiger partial charge on any atom is -0.496 e. The van der Waals surface area contributed by atoms with Crippen molar-refractivity contribution in [3.05, 3.63) is 35.9 Å². The van der Waals surface area contributed by atoms with E-state index in [1.165, 1.54) is 5.56 Å². The third kappa shape index (κ3) is 1.92. The topological polar surface area (TPSA) is 9.23 Å². The number of hydrogen-bond acceptors (Lipinski definition) is 1. The molecule has 0 aliphatic rings. The summed E-state index contributed by atoms with van der Waals surface area (Å²) in [5.41, 5.74) is 2.40. The molecule has 0 N–H and O–H groups in total. The van der Waals surface area contributed by atoms with Gasteiger partial charge in [0.1, 0.15) is 5.75 Å². The van der Waals surface area contributed by atoms with Crippen LogP contribution in [-0.2, 0) is 0 Å². The quantitative estimate of drug-likeness (QED) is 0.685. The lowest BCUT2D eigenvalue weighted by atomic mass is 9.96. The van der Waals surface area contributed by atoms with Crippen molar-refractivity contribution in [1.29, 1.82) is 0 Å². The van der Waals surface area contributed by atoms with Crippen LogP contribution in [-0.4, -0.2) is 7.11 Å². The van der Waals surface area contributed by atoms with Gasteiger partial charge in [0.15, 0.2) is 0 Å². The summed E-state index contributed by atoms with van der Waals surface area (Å²) < 4.78 is 5.30. The zero-order valence-electron chi connectivity index (χ0n) is 8.50. The molecule has 0 spiro atoms. The summed E-state index contributed by atoms with van der Waals surface area (Å²) in [6.45, 7) is 8.11. The molecule has 1 aromatic carbocycles. The van der Waals surface area contributed by atoms with E-state index >= 15 is 0 Å². The van der Waals surface area contributed by atoms with E-state index in [-0.39, 0.29) is 0 Å². The summed E-state index contributed by atoms with van der Waals surface area (Å²) in [6.07, 6.45) is 1.87. The average molecular weight is 176 g/mol. The van der Waals surface area contributed by atoms with E-state index in [0.717, 1.165) is 11.3 Å². The first-order valence-corrected chi connectivity index (χ1v) is 4.50. The van der Waals surface area contributed by atoms with Crippen LogP contribution in [0.3, 0.4) is 0 Å². The largest absolute Gasteiger partial charge is 0.496 e. The molecule has 0 saturated carbocycles. The predicted octanol–water partition coefficient (Wildman–Crippen LogP) is 3.46. The number of methoxy groups -OCH3 is 1. The minimum absolute atomic E-state index is 0.462. The average Bonchev–Trinajstić information content (AvgIpc) is 2.16. The van der Waals surface area contributed by atoms with Crippen LogP contribution in [0.25, 0.3) is 6.08 Å². The molecule has 1 nitrogen and oxygen atoms in total. The van der Waals surface area contributed by atoms with E-state index in [9.17, 15) is 0 Å². The Kier molecular flexibility index (Phi) is 3.13. The van der Waals surface area contributed by atoms with Crippen molar-refractivity contribution < 1.29 is 4.74 Å². The van der Waals surface area contributed by atoms with Gasteiger partial charge in [-0.1, -0.05) is 38.6 Å². The van der Waals surface area contributed by atoms with E-state index in [0.29, 0.717) is 5.92 Å². The molecule has 1 heteroatoms. The van der Waals surface area contributed by atoms with Crippen molar-refractivity contribution >= 4 is 6.08 Å². The van der Waals surface area contributed by atoms with Crippen LogP contribution in [0.5, 0.6) is 5.75 Å².